The first-order chi connectivity index (χ1) is 12.3. The molecule has 1 aliphatic rings. The second-order valence-corrected chi connectivity index (χ2v) is 7.08. The van der Waals surface area contributed by atoms with Crippen LogP contribution in [0.2, 0.25) is 0 Å². The van der Waals surface area contributed by atoms with Gasteiger partial charge in [0.1, 0.15) is 6.04 Å². The average Bonchev–Trinajstić information content (AvgIpc) is 2.79. The van der Waals surface area contributed by atoms with Crippen molar-refractivity contribution in [2.45, 2.75) is 33.7 Å². The maximum Gasteiger partial charge on any atom is 0.262 e. The number of imide groups is 1. The number of carbonyl (C=O) groups excluding carboxylic acids is 3. The van der Waals surface area contributed by atoms with Gasteiger partial charge in [-0.25, -0.2) is 0 Å². The van der Waals surface area contributed by atoms with E-state index in [1.165, 1.54) is 0 Å². The number of nitrogens with one attached hydrogen (secondary N) is 1. The summed E-state index contributed by atoms with van der Waals surface area (Å²) in [5.74, 6) is -1.41. The third kappa shape index (κ3) is 3.12. The molecular weight excluding hydrogens is 328 g/mol. The predicted octanol–water partition coefficient (Wildman–Crippen LogP) is 3.56. The molecule has 5 heteroatoms. The molecule has 0 aromatic heterocycles. The van der Waals surface area contributed by atoms with Crippen molar-refractivity contribution < 1.29 is 14.4 Å². The Hall–Kier alpha value is -2.95. The van der Waals surface area contributed by atoms with Crippen molar-refractivity contribution in [3.05, 3.63) is 64.7 Å². The van der Waals surface area contributed by atoms with Crippen molar-refractivity contribution in [1.82, 2.24) is 4.90 Å². The first kappa shape index (κ1) is 17.9. The second kappa shape index (κ2) is 6.75. The van der Waals surface area contributed by atoms with E-state index >= 15 is 0 Å². The van der Waals surface area contributed by atoms with Crippen LogP contribution in [-0.2, 0) is 4.79 Å². The summed E-state index contributed by atoms with van der Waals surface area (Å²) in [7, 11) is 0. The van der Waals surface area contributed by atoms with Crippen molar-refractivity contribution in [3.8, 4) is 0 Å². The van der Waals surface area contributed by atoms with Gasteiger partial charge in [0.15, 0.2) is 0 Å². The molecule has 0 radical (unpaired) electrons. The zero-order valence-electron chi connectivity index (χ0n) is 15.4. The van der Waals surface area contributed by atoms with Gasteiger partial charge in [-0.1, -0.05) is 32.0 Å². The van der Waals surface area contributed by atoms with E-state index < -0.39 is 17.9 Å². The van der Waals surface area contributed by atoms with E-state index in [1.807, 2.05) is 45.9 Å². The summed E-state index contributed by atoms with van der Waals surface area (Å²) in [5, 5.41) is 2.86. The number of amides is 3. The largest absolute Gasteiger partial charge is 0.324 e. The lowest BCUT2D eigenvalue weighted by Gasteiger charge is -2.28. The molecule has 1 N–H and O–H groups in total. The quantitative estimate of drug-likeness (QED) is 0.858. The van der Waals surface area contributed by atoms with Gasteiger partial charge in [0.05, 0.1) is 11.1 Å². The van der Waals surface area contributed by atoms with Gasteiger partial charge in [0, 0.05) is 5.69 Å². The standard InChI is InChI=1S/C21H22N2O3/c1-12(2)18(19(24)22-15-10-13(3)9-14(4)11-15)23-20(25)16-7-5-6-8-17(16)21(23)26/h5-12,18H,1-4H3,(H,22,24)/t18-/m0/s1. The molecule has 2 aromatic rings. The fourth-order valence-corrected chi connectivity index (χ4v) is 3.44. The smallest absolute Gasteiger partial charge is 0.262 e. The minimum absolute atomic E-state index is 0.219. The lowest BCUT2D eigenvalue weighted by molar-refractivity contribution is -0.121. The highest BCUT2D eigenvalue weighted by atomic mass is 16.2. The molecule has 0 bridgehead atoms. The topological polar surface area (TPSA) is 66.5 Å². The van der Waals surface area contributed by atoms with Crippen LogP contribution in [0.4, 0.5) is 5.69 Å². The van der Waals surface area contributed by atoms with Crippen LogP contribution in [-0.4, -0.2) is 28.7 Å². The summed E-state index contributed by atoms with van der Waals surface area (Å²) in [6.07, 6.45) is 0. The van der Waals surface area contributed by atoms with Crippen molar-refractivity contribution in [2.24, 2.45) is 5.92 Å². The van der Waals surface area contributed by atoms with Crippen molar-refractivity contribution in [1.29, 1.82) is 0 Å². The van der Waals surface area contributed by atoms with Gasteiger partial charge >= 0.3 is 0 Å². The SMILES string of the molecule is Cc1cc(C)cc(NC(=O)[C@H](C(C)C)N2C(=O)c3ccccc3C2=O)c1. The van der Waals surface area contributed by atoms with E-state index in [4.69, 9.17) is 0 Å². The number of hydrogen-bond donors (Lipinski definition) is 1. The summed E-state index contributed by atoms with van der Waals surface area (Å²) < 4.78 is 0. The number of rotatable bonds is 4. The number of fused-ring (bicyclic) bond motifs is 1. The highest BCUT2D eigenvalue weighted by Crippen LogP contribution is 2.28. The van der Waals surface area contributed by atoms with Crippen molar-refractivity contribution >= 4 is 23.4 Å². The molecule has 0 aliphatic carbocycles. The van der Waals surface area contributed by atoms with Crippen LogP contribution in [0, 0.1) is 19.8 Å². The van der Waals surface area contributed by atoms with E-state index in [-0.39, 0.29) is 11.8 Å². The van der Waals surface area contributed by atoms with Gasteiger partial charge in [-0.2, -0.15) is 0 Å². The van der Waals surface area contributed by atoms with Crippen molar-refractivity contribution in [3.63, 3.8) is 0 Å². The van der Waals surface area contributed by atoms with Crippen LogP contribution in [0.25, 0.3) is 0 Å². The number of carbonyl (C=O) groups is 3. The van der Waals surface area contributed by atoms with E-state index in [2.05, 4.69) is 5.32 Å². The molecule has 0 unspecified atom stereocenters. The highest BCUT2D eigenvalue weighted by Gasteiger charge is 2.43. The lowest BCUT2D eigenvalue weighted by Crippen LogP contribution is -2.50. The Bertz CT molecular complexity index is 847. The number of nitrogens with zero attached hydrogens (tertiary/aromatic N) is 1. The summed E-state index contributed by atoms with van der Waals surface area (Å²) in [4.78, 5) is 39.5. The predicted molar refractivity (Wildman–Crippen MR) is 100 cm³/mol. The van der Waals surface area contributed by atoms with Crippen LogP contribution in [0.3, 0.4) is 0 Å². The Balaban J connectivity index is 1.91. The molecule has 0 saturated carbocycles. The molecule has 0 spiro atoms. The van der Waals surface area contributed by atoms with Crippen LogP contribution in [0.5, 0.6) is 0 Å². The molecule has 0 fully saturated rings. The van der Waals surface area contributed by atoms with Crippen LogP contribution in [0.1, 0.15) is 45.7 Å². The Kier molecular flexibility index (Phi) is 4.64. The lowest BCUT2D eigenvalue weighted by atomic mass is 10.0. The zero-order valence-corrected chi connectivity index (χ0v) is 15.4. The van der Waals surface area contributed by atoms with Crippen LogP contribution in [0.15, 0.2) is 42.5 Å². The van der Waals surface area contributed by atoms with E-state index in [1.54, 1.807) is 24.3 Å². The number of hydrogen-bond acceptors (Lipinski definition) is 3. The van der Waals surface area contributed by atoms with Crippen LogP contribution < -0.4 is 5.32 Å². The molecule has 3 rings (SSSR count). The maximum atomic E-state index is 12.9. The van der Waals surface area contributed by atoms with Gasteiger partial charge < -0.3 is 5.32 Å². The minimum Gasteiger partial charge on any atom is -0.324 e. The Morgan fingerprint density at radius 1 is 0.923 bits per heavy atom. The van der Waals surface area contributed by atoms with Gasteiger partial charge in [0.2, 0.25) is 5.91 Å². The fraction of sp³-hybridized carbons (Fsp3) is 0.286. The summed E-state index contributed by atoms with van der Waals surface area (Å²) in [6, 6.07) is 11.5. The molecule has 2 aromatic carbocycles. The molecule has 26 heavy (non-hydrogen) atoms. The average molecular weight is 350 g/mol. The number of benzene rings is 2. The fourth-order valence-electron chi connectivity index (χ4n) is 3.44. The van der Waals surface area contributed by atoms with Gasteiger partial charge in [-0.3, -0.25) is 19.3 Å². The Morgan fingerprint density at radius 2 is 1.42 bits per heavy atom. The normalized spacial score (nSPS) is 14.6. The number of anilines is 1. The summed E-state index contributed by atoms with van der Waals surface area (Å²) >= 11 is 0. The highest BCUT2D eigenvalue weighted by molar-refractivity contribution is 6.23. The first-order valence-corrected chi connectivity index (χ1v) is 8.65. The van der Waals surface area contributed by atoms with Gasteiger partial charge in [-0.05, 0) is 55.2 Å². The van der Waals surface area contributed by atoms with E-state index in [9.17, 15) is 14.4 Å². The molecule has 0 saturated heterocycles. The second-order valence-electron chi connectivity index (χ2n) is 7.08. The Morgan fingerprint density at radius 3 is 1.88 bits per heavy atom. The third-order valence-electron chi connectivity index (χ3n) is 4.49. The summed E-state index contributed by atoms with van der Waals surface area (Å²) in [5.41, 5.74) is 3.42. The molecular formula is C21H22N2O3. The first-order valence-electron chi connectivity index (χ1n) is 8.65. The Labute approximate surface area is 153 Å². The number of aryl methyl sites for hydroxylation is 2. The maximum absolute atomic E-state index is 12.9. The van der Waals surface area contributed by atoms with E-state index in [0.717, 1.165) is 16.0 Å². The third-order valence-corrected chi connectivity index (χ3v) is 4.49. The van der Waals surface area contributed by atoms with E-state index in [0.29, 0.717) is 16.8 Å². The monoisotopic (exact) mass is 350 g/mol. The molecule has 1 atom stereocenters. The zero-order chi connectivity index (χ0) is 19.0. The van der Waals surface area contributed by atoms with Crippen molar-refractivity contribution in [2.75, 3.05) is 5.32 Å². The minimum atomic E-state index is -0.872. The van der Waals surface area contributed by atoms with Gasteiger partial charge in [0.25, 0.3) is 11.8 Å². The molecule has 5 nitrogen and oxygen atoms in total. The molecule has 1 aliphatic heterocycles. The molecule has 3 amide bonds. The molecule has 134 valence electrons. The van der Waals surface area contributed by atoms with Crippen LogP contribution >= 0.6 is 0 Å². The summed E-state index contributed by atoms with van der Waals surface area (Å²) in [6.45, 7) is 7.56. The molecule has 1 heterocycles. The van der Waals surface area contributed by atoms with Gasteiger partial charge in [-0.15, -0.1) is 0 Å².